The molecule has 1 aromatic carbocycles. The van der Waals surface area contributed by atoms with Gasteiger partial charge in [0.15, 0.2) is 0 Å². The van der Waals surface area contributed by atoms with Crippen molar-refractivity contribution in [3.8, 4) is 0 Å². The molecule has 3 rings (SSSR count). The van der Waals surface area contributed by atoms with Gasteiger partial charge in [0.05, 0.1) is 0 Å². The van der Waals surface area contributed by atoms with Gasteiger partial charge >= 0.3 is 12.1 Å². The normalized spacial score (nSPS) is 18.6. The lowest BCUT2D eigenvalue weighted by Crippen LogP contribution is -2.49. The maximum atomic E-state index is 12.7. The molecule has 2 fully saturated rings. The fraction of sp³-hybridized carbons (Fsp3) is 0.500. The van der Waals surface area contributed by atoms with Crippen LogP contribution in [0.2, 0.25) is 0 Å². The average molecular weight is 388 g/mol. The highest BCUT2D eigenvalue weighted by Gasteiger charge is 2.38. The zero-order valence-corrected chi connectivity index (χ0v) is 15.6. The van der Waals surface area contributed by atoms with Gasteiger partial charge in [-0.05, 0) is 24.3 Å². The Balaban J connectivity index is 1.62. The number of benzene rings is 1. The second-order valence-electron chi connectivity index (χ2n) is 7.07. The van der Waals surface area contributed by atoms with Gasteiger partial charge in [0.2, 0.25) is 0 Å². The van der Waals surface area contributed by atoms with Crippen molar-refractivity contribution in [1.29, 1.82) is 0 Å². The SMILES string of the molecule is O=C(N[C@H](C(=O)ON1C(=O)CCC1=O)C1CCCCC1)OCc1ccccc1. The topological polar surface area (TPSA) is 102 Å². The van der Waals surface area contributed by atoms with E-state index in [-0.39, 0.29) is 25.4 Å². The summed E-state index contributed by atoms with van der Waals surface area (Å²) >= 11 is 0. The van der Waals surface area contributed by atoms with Crippen molar-refractivity contribution < 1.29 is 28.8 Å². The number of rotatable bonds is 6. The summed E-state index contributed by atoms with van der Waals surface area (Å²) in [6.07, 6.45) is 3.75. The largest absolute Gasteiger partial charge is 0.445 e. The highest BCUT2D eigenvalue weighted by atomic mass is 16.7. The van der Waals surface area contributed by atoms with Gasteiger partial charge in [-0.3, -0.25) is 9.59 Å². The van der Waals surface area contributed by atoms with Gasteiger partial charge in [0, 0.05) is 12.8 Å². The van der Waals surface area contributed by atoms with Gasteiger partial charge < -0.3 is 14.9 Å². The molecule has 0 spiro atoms. The number of nitrogens with one attached hydrogen (secondary N) is 1. The van der Waals surface area contributed by atoms with Gasteiger partial charge in [-0.15, -0.1) is 5.06 Å². The molecular formula is C20H24N2O6. The molecule has 0 unspecified atom stereocenters. The van der Waals surface area contributed by atoms with E-state index in [2.05, 4.69) is 5.32 Å². The summed E-state index contributed by atoms with van der Waals surface area (Å²) < 4.78 is 5.21. The number of imide groups is 1. The number of hydrogen-bond acceptors (Lipinski definition) is 6. The summed E-state index contributed by atoms with van der Waals surface area (Å²) in [6, 6.07) is 8.21. The van der Waals surface area contributed by atoms with E-state index in [0.717, 1.165) is 37.7 Å². The van der Waals surface area contributed by atoms with Crippen molar-refractivity contribution in [2.75, 3.05) is 0 Å². The Morgan fingerprint density at radius 1 is 1.04 bits per heavy atom. The van der Waals surface area contributed by atoms with Crippen molar-refractivity contribution in [2.24, 2.45) is 5.92 Å². The third-order valence-electron chi connectivity index (χ3n) is 5.05. The number of carbonyl (C=O) groups is 4. The third-order valence-corrected chi connectivity index (χ3v) is 5.05. The van der Waals surface area contributed by atoms with E-state index in [4.69, 9.17) is 9.57 Å². The quantitative estimate of drug-likeness (QED) is 0.751. The maximum Gasteiger partial charge on any atom is 0.408 e. The smallest absolute Gasteiger partial charge is 0.408 e. The lowest BCUT2D eigenvalue weighted by Gasteiger charge is -2.29. The number of hydroxylamine groups is 2. The molecule has 8 nitrogen and oxygen atoms in total. The molecule has 8 heteroatoms. The van der Waals surface area contributed by atoms with Gasteiger partial charge in [0.25, 0.3) is 11.8 Å². The van der Waals surface area contributed by atoms with Crippen molar-refractivity contribution in [3.63, 3.8) is 0 Å². The van der Waals surface area contributed by atoms with Crippen LogP contribution in [-0.4, -0.2) is 35.0 Å². The molecule has 1 saturated carbocycles. The summed E-state index contributed by atoms with van der Waals surface area (Å²) in [4.78, 5) is 53.4. The van der Waals surface area contributed by atoms with E-state index in [1.807, 2.05) is 30.3 Å². The summed E-state index contributed by atoms with van der Waals surface area (Å²) in [5, 5.41) is 3.08. The number of ether oxygens (including phenoxy) is 1. The lowest BCUT2D eigenvalue weighted by molar-refractivity contribution is -0.200. The first-order valence-corrected chi connectivity index (χ1v) is 9.59. The molecule has 28 heavy (non-hydrogen) atoms. The van der Waals surface area contributed by atoms with Crippen molar-refractivity contribution >= 4 is 23.9 Å². The third kappa shape index (κ3) is 5.09. The predicted octanol–water partition coefficient (Wildman–Crippen LogP) is 2.47. The zero-order chi connectivity index (χ0) is 19.9. The van der Waals surface area contributed by atoms with Gasteiger partial charge in [0.1, 0.15) is 12.6 Å². The highest BCUT2D eigenvalue weighted by Crippen LogP contribution is 2.28. The van der Waals surface area contributed by atoms with Crippen LogP contribution in [0.25, 0.3) is 0 Å². The Kier molecular flexibility index (Phi) is 6.62. The second-order valence-corrected chi connectivity index (χ2v) is 7.07. The molecule has 3 amide bonds. The summed E-state index contributed by atoms with van der Waals surface area (Å²) in [6.45, 7) is 0.0716. The van der Waals surface area contributed by atoms with E-state index >= 15 is 0 Å². The fourth-order valence-corrected chi connectivity index (χ4v) is 3.53. The van der Waals surface area contributed by atoms with E-state index < -0.39 is 29.9 Å². The van der Waals surface area contributed by atoms with E-state index in [9.17, 15) is 19.2 Å². The average Bonchev–Trinajstić information content (AvgIpc) is 3.04. The molecule has 0 radical (unpaired) electrons. The maximum absolute atomic E-state index is 12.7. The van der Waals surface area contributed by atoms with Crippen LogP contribution in [0, 0.1) is 5.92 Å². The van der Waals surface area contributed by atoms with Crippen LogP contribution in [-0.2, 0) is 30.6 Å². The summed E-state index contributed by atoms with van der Waals surface area (Å²) in [5.74, 6) is -2.04. The zero-order valence-electron chi connectivity index (χ0n) is 15.6. The fourth-order valence-electron chi connectivity index (χ4n) is 3.53. The number of amides is 3. The summed E-state index contributed by atoms with van der Waals surface area (Å²) in [5.41, 5.74) is 0.822. The highest BCUT2D eigenvalue weighted by molar-refractivity contribution is 6.01. The first-order chi connectivity index (χ1) is 13.5. The molecule has 0 bridgehead atoms. The van der Waals surface area contributed by atoms with Crippen LogP contribution < -0.4 is 5.32 Å². The number of carbonyl (C=O) groups excluding carboxylic acids is 4. The number of hydrogen-bond donors (Lipinski definition) is 1. The Morgan fingerprint density at radius 2 is 1.68 bits per heavy atom. The number of alkyl carbamates (subject to hydrolysis) is 1. The Morgan fingerprint density at radius 3 is 2.32 bits per heavy atom. The standard InChI is InChI=1S/C20H24N2O6/c23-16-11-12-17(24)22(16)28-19(25)18(15-9-5-2-6-10-15)21-20(26)27-13-14-7-3-1-4-8-14/h1,3-4,7-8,15,18H,2,5-6,9-13H2,(H,21,26)/t18-/m0/s1. The first-order valence-electron chi connectivity index (χ1n) is 9.59. The van der Waals surface area contributed by atoms with E-state index in [1.165, 1.54) is 0 Å². The van der Waals surface area contributed by atoms with Crippen LogP contribution in [0.1, 0.15) is 50.5 Å². The van der Waals surface area contributed by atoms with Crippen molar-refractivity contribution in [1.82, 2.24) is 10.4 Å². The van der Waals surface area contributed by atoms with Gasteiger partial charge in [-0.2, -0.15) is 0 Å². The molecule has 0 aromatic heterocycles. The van der Waals surface area contributed by atoms with Crippen LogP contribution in [0.5, 0.6) is 0 Å². The minimum Gasteiger partial charge on any atom is -0.445 e. The van der Waals surface area contributed by atoms with Crippen LogP contribution in [0.3, 0.4) is 0 Å². The minimum atomic E-state index is -0.968. The van der Waals surface area contributed by atoms with Crippen molar-refractivity contribution in [3.05, 3.63) is 35.9 Å². The summed E-state index contributed by atoms with van der Waals surface area (Å²) in [7, 11) is 0. The molecule has 2 aliphatic rings. The van der Waals surface area contributed by atoms with E-state index in [1.54, 1.807) is 0 Å². The molecule has 1 saturated heterocycles. The van der Waals surface area contributed by atoms with Gasteiger partial charge in [-0.25, -0.2) is 9.59 Å². The van der Waals surface area contributed by atoms with Crippen LogP contribution in [0.4, 0.5) is 4.79 Å². The Bertz CT molecular complexity index is 713. The van der Waals surface area contributed by atoms with Crippen LogP contribution in [0.15, 0.2) is 30.3 Å². The number of nitrogens with zero attached hydrogens (tertiary/aromatic N) is 1. The predicted molar refractivity (Wildman–Crippen MR) is 97.3 cm³/mol. The van der Waals surface area contributed by atoms with Crippen molar-refractivity contribution in [2.45, 2.75) is 57.6 Å². The molecule has 1 aliphatic heterocycles. The molecule has 150 valence electrons. The van der Waals surface area contributed by atoms with Gasteiger partial charge in [-0.1, -0.05) is 49.6 Å². The molecule has 1 N–H and O–H groups in total. The van der Waals surface area contributed by atoms with Crippen LogP contribution >= 0.6 is 0 Å². The molecule has 1 heterocycles. The monoisotopic (exact) mass is 388 g/mol. The molecule has 1 aromatic rings. The lowest BCUT2D eigenvalue weighted by atomic mass is 9.84. The molecular weight excluding hydrogens is 364 g/mol. The molecule has 1 aliphatic carbocycles. The Labute approximate surface area is 163 Å². The minimum absolute atomic E-state index is 0.0206. The Hall–Kier alpha value is -2.90. The van der Waals surface area contributed by atoms with E-state index in [0.29, 0.717) is 5.06 Å². The molecule has 1 atom stereocenters. The second kappa shape index (κ2) is 9.34. The first kappa shape index (κ1) is 19.9.